The van der Waals surface area contributed by atoms with Crippen molar-refractivity contribution in [3.63, 3.8) is 0 Å². The second kappa shape index (κ2) is 11.2. The van der Waals surface area contributed by atoms with Crippen molar-refractivity contribution in [2.75, 3.05) is 19.6 Å². The van der Waals surface area contributed by atoms with Gasteiger partial charge in [-0.3, -0.25) is 0 Å². The third-order valence-electron chi connectivity index (χ3n) is 4.77. The van der Waals surface area contributed by atoms with Crippen LogP contribution in [0.4, 0.5) is 10.5 Å². The predicted octanol–water partition coefficient (Wildman–Crippen LogP) is 3.37. The van der Waals surface area contributed by atoms with Crippen LogP contribution in [0.2, 0.25) is 5.15 Å². The van der Waals surface area contributed by atoms with Crippen LogP contribution in [0.3, 0.4) is 0 Å². The Morgan fingerprint density at radius 2 is 2.13 bits per heavy atom. The van der Waals surface area contributed by atoms with E-state index in [-0.39, 0.29) is 22.3 Å². The monoisotopic (exact) mass is 616 g/mol. The molecule has 1 aromatic heterocycles. The number of halogens is 1. The molecule has 2 heterocycles. The van der Waals surface area contributed by atoms with Crippen molar-refractivity contribution in [3.8, 4) is 0 Å². The zero-order valence-corrected chi connectivity index (χ0v) is 21.6. The van der Waals surface area contributed by atoms with Gasteiger partial charge in [0.15, 0.2) is 0 Å². The summed E-state index contributed by atoms with van der Waals surface area (Å²) in [6.07, 6.45) is 5.37. The van der Waals surface area contributed by atoms with E-state index in [0.29, 0.717) is 36.6 Å². The second-order valence-corrected chi connectivity index (χ2v) is 9.58. The van der Waals surface area contributed by atoms with Gasteiger partial charge in [-0.05, 0) is 20.8 Å². The number of piperidine rings is 1. The molecule has 0 spiro atoms. The molecule has 0 atom stereocenters. The van der Waals surface area contributed by atoms with Crippen LogP contribution in [-0.2, 0) is 24.1 Å². The van der Waals surface area contributed by atoms with Gasteiger partial charge in [0.25, 0.3) is 0 Å². The molecule has 1 fully saturated rings. The first-order chi connectivity index (χ1) is 14.5. The molecule has 1 aliphatic heterocycles. The van der Waals surface area contributed by atoms with Crippen molar-refractivity contribution < 1.29 is 33.8 Å². The summed E-state index contributed by atoms with van der Waals surface area (Å²) in [6, 6.07) is 0. The van der Waals surface area contributed by atoms with Crippen LogP contribution < -0.4 is 5.36 Å². The van der Waals surface area contributed by atoms with E-state index in [2.05, 4.69) is 9.98 Å². The van der Waals surface area contributed by atoms with Crippen LogP contribution in [0.5, 0.6) is 0 Å². The number of hydrogen-bond donors (Lipinski definition) is 1. The van der Waals surface area contributed by atoms with Gasteiger partial charge >= 0.3 is 164 Å². The van der Waals surface area contributed by atoms with Gasteiger partial charge in [-0.25, -0.2) is 4.79 Å². The van der Waals surface area contributed by atoms with Crippen molar-refractivity contribution >= 4 is 41.7 Å². The summed E-state index contributed by atoms with van der Waals surface area (Å²) in [6.45, 7) is 7.23. The Hall–Kier alpha value is -1.73. The molecule has 8 nitrogen and oxygen atoms in total. The van der Waals surface area contributed by atoms with Crippen molar-refractivity contribution in [1.82, 2.24) is 9.88 Å². The quantitative estimate of drug-likeness (QED) is 0.229. The third-order valence-corrected chi connectivity index (χ3v) is 6.04. The maximum absolute atomic E-state index is 12.2. The van der Waals surface area contributed by atoms with E-state index in [1.807, 2.05) is 20.8 Å². The van der Waals surface area contributed by atoms with Crippen LogP contribution in [0.1, 0.15) is 45.6 Å². The molecule has 1 amide bonds. The Morgan fingerprint density at radius 1 is 1.48 bits per heavy atom. The Morgan fingerprint density at radius 3 is 2.68 bits per heavy atom. The molecule has 1 saturated heterocycles. The molecule has 2 radical (unpaired) electrons. The van der Waals surface area contributed by atoms with Crippen molar-refractivity contribution in [3.05, 3.63) is 37.9 Å². The number of rotatable bonds is 6. The van der Waals surface area contributed by atoms with Crippen LogP contribution in [0, 0.1) is 16.0 Å². The number of nitrogens with one attached hydrogen (secondary N) is 1. The van der Waals surface area contributed by atoms with Crippen LogP contribution >= 0.6 is 11.6 Å². The average molecular weight is 617 g/mol. The molecule has 0 bridgehead atoms. The molecule has 1 aromatic rings. The Bertz CT molecular complexity index is 934. The Balaban J connectivity index is 2.10. The van der Waals surface area contributed by atoms with E-state index in [9.17, 15) is 14.9 Å². The van der Waals surface area contributed by atoms with E-state index in [4.69, 9.17) is 24.2 Å². The minimum absolute atomic E-state index is 0.0729. The number of aromatic amines is 1. The summed E-state index contributed by atoms with van der Waals surface area (Å²) in [7, 11) is 5.88. The summed E-state index contributed by atoms with van der Waals surface area (Å²) in [5, 5.41) is 11.7. The number of carbonyl (C=O) groups is 1. The van der Waals surface area contributed by atoms with Crippen LogP contribution in [0.15, 0.2) is 16.7 Å². The van der Waals surface area contributed by atoms with Gasteiger partial charge in [-0.2, -0.15) is 0 Å². The molecule has 0 saturated carbocycles. The molecule has 0 aliphatic carbocycles. The molecule has 0 unspecified atom stereocenters. The second-order valence-electron chi connectivity index (χ2n) is 8.36. The fraction of sp³-hybridized carbons (Fsp3) is 0.550. The normalized spacial score (nSPS) is 16.3. The number of carbonyl (C=O) groups excluding carboxylic acids is 1. The standard InChI is InChI=1S/C20H26BClN4O4.W/c1-13(21)11-15-12-24-18(22)17(26(28)29)16(15)23-8-5-14-6-9-25(10-7-14)19(27)30-20(2,3)4;/h1,11-12,14H,5-10H2,2-4H3,(H,23,24);. The van der Waals surface area contributed by atoms with Crippen molar-refractivity contribution in [2.45, 2.75) is 45.6 Å². The Labute approximate surface area is 199 Å². The number of ether oxygens (including phenoxy) is 1. The minimum atomic E-state index is -0.536. The first-order valence-electron chi connectivity index (χ1n) is 9.98. The molecule has 166 valence electrons. The maximum atomic E-state index is 12.2. The number of allylic oxidation sites excluding steroid dienone is 1. The molecule has 2 rings (SSSR count). The summed E-state index contributed by atoms with van der Waals surface area (Å²) in [4.78, 5) is 32.1. The topological polar surface area (TPSA) is 101 Å². The van der Waals surface area contributed by atoms with Gasteiger partial charge in [-0.1, -0.05) is 0 Å². The number of aromatic nitrogens is 1. The number of nitro groups is 1. The molecule has 0 aromatic carbocycles. The molecule has 1 aliphatic rings. The number of amides is 1. The number of hydrogen-bond acceptors (Lipinski definition) is 5. The first kappa shape index (κ1) is 25.5. The van der Waals surface area contributed by atoms with Gasteiger partial charge in [-0.15, -0.1) is 0 Å². The SMILES string of the molecule is [B]C([CH]=[W])=Cc1c[nH]c(Cl)c([N+](=O)[O-])c1=NCCC1CCN(C(=O)OC(C)(C)C)CC1. The average Bonchev–Trinajstić information content (AvgIpc) is 2.68. The third kappa shape index (κ3) is 7.72. The molecule has 11 heteroatoms. The molecule has 1 N–H and O–H groups in total. The number of H-pyrrole nitrogens is 1. The summed E-state index contributed by atoms with van der Waals surface area (Å²) in [5.41, 5.74) is 0.255. The molecular formula is C20H26BClN4O4W. The number of pyridine rings is 1. The molecular weight excluding hydrogens is 590 g/mol. The van der Waals surface area contributed by atoms with Crippen LogP contribution in [-0.4, -0.2) is 58.4 Å². The van der Waals surface area contributed by atoms with Crippen LogP contribution in [0.25, 0.3) is 6.08 Å². The van der Waals surface area contributed by atoms with Crippen molar-refractivity contribution in [2.24, 2.45) is 10.9 Å². The van der Waals surface area contributed by atoms with Gasteiger partial charge in [0.1, 0.15) is 5.60 Å². The Kier molecular flexibility index (Phi) is 9.25. The van der Waals surface area contributed by atoms with Gasteiger partial charge < -0.3 is 4.74 Å². The van der Waals surface area contributed by atoms with Gasteiger partial charge in [0.05, 0.1) is 0 Å². The van der Waals surface area contributed by atoms with E-state index in [1.165, 1.54) is 19.4 Å². The zero-order valence-electron chi connectivity index (χ0n) is 17.9. The summed E-state index contributed by atoms with van der Waals surface area (Å²) in [5.74, 6) is 0.379. The van der Waals surface area contributed by atoms with E-state index >= 15 is 0 Å². The molecule has 31 heavy (non-hydrogen) atoms. The fourth-order valence-corrected chi connectivity index (χ4v) is 3.72. The zero-order chi connectivity index (χ0) is 23.2. The van der Waals surface area contributed by atoms with Gasteiger partial charge in [0.2, 0.25) is 0 Å². The predicted molar refractivity (Wildman–Crippen MR) is 118 cm³/mol. The van der Waals surface area contributed by atoms with E-state index in [0.717, 1.165) is 19.3 Å². The summed E-state index contributed by atoms with van der Waals surface area (Å²) >= 11 is 7.20. The van der Waals surface area contributed by atoms with E-state index < -0.39 is 10.5 Å². The first-order valence-corrected chi connectivity index (χ1v) is 12.1. The van der Waals surface area contributed by atoms with Gasteiger partial charge in [0, 0.05) is 0 Å². The van der Waals surface area contributed by atoms with E-state index in [1.54, 1.807) is 21.6 Å². The number of nitrogens with zero attached hydrogens (tertiary/aromatic N) is 3. The number of likely N-dealkylation sites (tertiary alicyclic amines) is 1. The fourth-order valence-electron chi connectivity index (χ4n) is 3.26. The van der Waals surface area contributed by atoms with Crippen molar-refractivity contribution in [1.29, 1.82) is 0 Å². The summed E-state index contributed by atoms with van der Waals surface area (Å²) < 4.78 is 7.21.